The van der Waals surface area contributed by atoms with Crippen LogP contribution in [0.5, 0.6) is 0 Å². The number of nitrogens with zero attached hydrogens (tertiary/aromatic N) is 1. The molecule has 1 aliphatic heterocycles. The summed E-state index contributed by atoms with van der Waals surface area (Å²) in [5.41, 5.74) is 1.00. The summed E-state index contributed by atoms with van der Waals surface area (Å²) in [6.45, 7) is 6.07. The van der Waals surface area contributed by atoms with Crippen molar-refractivity contribution in [1.29, 1.82) is 0 Å². The summed E-state index contributed by atoms with van der Waals surface area (Å²) in [6, 6.07) is 0. The molecule has 0 bridgehead atoms. The molecule has 0 atom stereocenters. The highest BCUT2D eigenvalue weighted by atomic mass is 32.2. The van der Waals surface area contributed by atoms with E-state index in [-0.39, 0.29) is 0 Å². The van der Waals surface area contributed by atoms with E-state index in [2.05, 4.69) is 10.3 Å². The highest BCUT2D eigenvalue weighted by Crippen LogP contribution is 2.26. The normalized spacial score (nSPS) is 17.8. The number of rotatable bonds is 2. The Kier molecular flexibility index (Phi) is 2.11. The molecule has 0 unspecified atom stereocenters. The number of aromatic nitrogens is 1. The molecule has 0 amide bonds. The Labute approximate surface area is 75.9 Å². The van der Waals surface area contributed by atoms with Gasteiger partial charge in [0.05, 0.1) is 5.69 Å². The van der Waals surface area contributed by atoms with E-state index in [1.807, 2.05) is 13.8 Å². The van der Waals surface area contributed by atoms with Crippen molar-refractivity contribution in [2.45, 2.75) is 24.3 Å². The number of aryl methyl sites for hydroxylation is 2. The Morgan fingerprint density at radius 2 is 2.25 bits per heavy atom. The lowest BCUT2D eigenvalue weighted by Crippen LogP contribution is -2.44. The molecule has 2 heterocycles. The first-order valence-corrected chi connectivity index (χ1v) is 4.95. The van der Waals surface area contributed by atoms with Gasteiger partial charge < -0.3 is 9.73 Å². The fraction of sp³-hybridized carbons (Fsp3) is 0.625. The maximum Gasteiger partial charge on any atom is 0.256 e. The average Bonchev–Trinajstić information content (AvgIpc) is 2.24. The number of oxazole rings is 1. The molecule has 1 aromatic rings. The molecule has 0 saturated carbocycles. The molecule has 2 rings (SSSR count). The molecule has 0 radical (unpaired) electrons. The van der Waals surface area contributed by atoms with Crippen molar-refractivity contribution >= 4 is 11.8 Å². The van der Waals surface area contributed by atoms with Crippen molar-refractivity contribution in [3.63, 3.8) is 0 Å². The third-order valence-corrected chi connectivity index (χ3v) is 3.06. The minimum atomic E-state index is 0.655. The Bertz CT molecular complexity index is 261. The van der Waals surface area contributed by atoms with Gasteiger partial charge in [-0.2, -0.15) is 0 Å². The molecule has 1 fully saturated rings. The molecule has 1 N–H and O–H groups in total. The topological polar surface area (TPSA) is 38.1 Å². The van der Waals surface area contributed by atoms with Gasteiger partial charge in [0.2, 0.25) is 0 Å². The SMILES string of the molecule is Cc1nc(SC2CNC2)oc1C. The van der Waals surface area contributed by atoms with Gasteiger partial charge in [-0.3, -0.25) is 0 Å². The largest absolute Gasteiger partial charge is 0.437 e. The van der Waals surface area contributed by atoms with E-state index in [0.29, 0.717) is 5.25 Å². The van der Waals surface area contributed by atoms with Gasteiger partial charge in [0.1, 0.15) is 5.76 Å². The van der Waals surface area contributed by atoms with Gasteiger partial charge in [-0.05, 0) is 13.8 Å². The standard InChI is InChI=1S/C8H12N2OS/c1-5-6(2)11-8(10-5)12-7-3-9-4-7/h7,9H,3-4H2,1-2H3. The Morgan fingerprint density at radius 3 is 2.67 bits per heavy atom. The van der Waals surface area contributed by atoms with E-state index in [4.69, 9.17) is 4.42 Å². The van der Waals surface area contributed by atoms with Gasteiger partial charge in [-0.1, -0.05) is 11.8 Å². The summed E-state index contributed by atoms with van der Waals surface area (Å²) in [5, 5.41) is 4.68. The lowest BCUT2D eigenvalue weighted by Gasteiger charge is -2.24. The zero-order chi connectivity index (χ0) is 8.55. The zero-order valence-electron chi connectivity index (χ0n) is 7.26. The van der Waals surface area contributed by atoms with E-state index in [0.717, 1.165) is 29.8 Å². The van der Waals surface area contributed by atoms with E-state index >= 15 is 0 Å². The smallest absolute Gasteiger partial charge is 0.256 e. The minimum Gasteiger partial charge on any atom is -0.437 e. The third kappa shape index (κ3) is 1.49. The molecule has 12 heavy (non-hydrogen) atoms. The first kappa shape index (κ1) is 8.13. The number of hydrogen-bond acceptors (Lipinski definition) is 4. The molecule has 0 spiro atoms. The fourth-order valence-corrected chi connectivity index (χ4v) is 2.03. The molecule has 4 heteroatoms. The van der Waals surface area contributed by atoms with E-state index < -0.39 is 0 Å². The predicted octanol–water partition coefficient (Wildman–Crippen LogP) is 1.36. The summed E-state index contributed by atoms with van der Waals surface area (Å²) in [6.07, 6.45) is 0. The monoisotopic (exact) mass is 184 g/mol. The second-order valence-corrected chi connectivity index (χ2v) is 4.27. The maximum absolute atomic E-state index is 5.44. The van der Waals surface area contributed by atoms with Crippen LogP contribution in [-0.4, -0.2) is 23.3 Å². The second-order valence-electron chi connectivity index (χ2n) is 3.02. The molecule has 1 aromatic heterocycles. The predicted molar refractivity (Wildman–Crippen MR) is 48.5 cm³/mol. The first-order valence-electron chi connectivity index (χ1n) is 4.07. The van der Waals surface area contributed by atoms with Gasteiger partial charge >= 0.3 is 0 Å². The lowest BCUT2D eigenvalue weighted by atomic mass is 10.3. The van der Waals surface area contributed by atoms with Crippen LogP contribution in [-0.2, 0) is 0 Å². The fourth-order valence-electron chi connectivity index (χ4n) is 0.982. The van der Waals surface area contributed by atoms with Gasteiger partial charge in [0.15, 0.2) is 0 Å². The van der Waals surface area contributed by atoms with Crippen LogP contribution < -0.4 is 5.32 Å². The van der Waals surface area contributed by atoms with E-state index in [1.165, 1.54) is 0 Å². The van der Waals surface area contributed by atoms with Gasteiger partial charge in [-0.15, -0.1) is 0 Å². The summed E-state index contributed by atoms with van der Waals surface area (Å²) in [4.78, 5) is 4.30. The van der Waals surface area contributed by atoms with E-state index in [9.17, 15) is 0 Å². The molecular weight excluding hydrogens is 172 g/mol. The summed E-state index contributed by atoms with van der Waals surface area (Å²) in [5.74, 6) is 0.935. The van der Waals surface area contributed by atoms with Gasteiger partial charge in [0.25, 0.3) is 5.22 Å². The highest BCUT2D eigenvalue weighted by Gasteiger charge is 2.20. The Morgan fingerprint density at radius 1 is 1.50 bits per heavy atom. The number of hydrogen-bond donors (Lipinski definition) is 1. The summed E-state index contributed by atoms with van der Waals surface area (Å²) in [7, 11) is 0. The number of thioether (sulfide) groups is 1. The third-order valence-electron chi connectivity index (χ3n) is 2.02. The molecule has 0 aromatic carbocycles. The van der Waals surface area contributed by atoms with Crippen molar-refractivity contribution in [1.82, 2.24) is 10.3 Å². The quantitative estimate of drug-likeness (QED) is 0.753. The first-order chi connectivity index (χ1) is 5.75. The van der Waals surface area contributed by atoms with Crippen molar-refractivity contribution in [2.75, 3.05) is 13.1 Å². The highest BCUT2D eigenvalue weighted by molar-refractivity contribution is 7.99. The minimum absolute atomic E-state index is 0.655. The van der Waals surface area contributed by atoms with Crippen LogP contribution in [0.3, 0.4) is 0 Å². The number of nitrogens with one attached hydrogen (secondary N) is 1. The maximum atomic E-state index is 5.44. The van der Waals surface area contributed by atoms with Crippen molar-refractivity contribution in [3.8, 4) is 0 Å². The van der Waals surface area contributed by atoms with Crippen LogP contribution in [0.1, 0.15) is 11.5 Å². The molecule has 1 saturated heterocycles. The molecular formula is C8H12N2OS. The lowest BCUT2D eigenvalue weighted by molar-refractivity contribution is 0.426. The van der Waals surface area contributed by atoms with Gasteiger partial charge in [0, 0.05) is 18.3 Å². The van der Waals surface area contributed by atoms with Crippen LogP contribution in [0.4, 0.5) is 0 Å². The van der Waals surface area contributed by atoms with Crippen molar-refractivity contribution < 1.29 is 4.42 Å². The van der Waals surface area contributed by atoms with Crippen molar-refractivity contribution in [2.24, 2.45) is 0 Å². The van der Waals surface area contributed by atoms with E-state index in [1.54, 1.807) is 11.8 Å². The van der Waals surface area contributed by atoms with Crippen LogP contribution in [0.15, 0.2) is 9.64 Å². The zero-order valence-corrected chi connectivity index (χ0v) is 8.07. The van der Waals surface area contributed by atoms with Crippen LogP contribution >= 0.6 is 11.8 Å². The molecule has 0 aliphatic carbocycles. The van der Waals surface area contributed by atoms with Crippen LogP contribution in [0.25, 0.3) is 0 Å². The van der Waals surface area contributed by atoms with Crippen LogP contribution in [0, 0.1) is 13.8 Å². The van der Waals surface area contributed by atoms with Crippen molar-refractivity contribution in [3.05, 3.63) is 11.5 Å². The second kappa shape index (κ2) is 3.11. The summed E-state index contributed by atoms with van der Waals surface area (Å²) >= 11 is 1.73. The molecule has 3 nitrogen and oxygen atoms in total. The average molecular weight is 184 g/mol. The Hall–Kier alpha value is -0.480. The van der Waals surface area contributed by atoms with Gasteiger partial charge in [-0.25, -0.2) is 4.98 Å². The Balaban J connectivity index is 2.02. The summed E-state index contributed by atoms with van der Waals surface area (Å²) < 4.78 is 5.44. The van der Waals surface area contributed by atoms with Crippen LogP contribution in [0.2, 0.25) is 0 Å². The molecule has 1 aliphatic rings. The molecule has 66 valence electrons.